The van der Waals surface area contributed by atoms with E-state index in [9.17, 15) is 9.90 Å². The molecular formula is C18H25N3O2S. The molecule has 1 fully saturated rings. The molecule has 24 heavy (non-hydrogen) atoms. The molecule has 0 radical (unpaired) electrons. The van der Waals surface area contributed by atoms with E-state index >= 15 is 0 Å². The number of aromatic nitrogens is 1. The predicted molar refractivity (Wildman–Crippen MR) is 97.6 cm³/mol. The quantitative estimate of drug-likeness (QED) is 0.927. The van der Waals surface area contributed by atoms with E-state index in [0.717, 1.165) is 22.2 Å². The van der Waals surface area contributed by atoms with Crippen molar-refractivity contribution in [1.82, 2.24) is 14.2 Å². The summed E-state index contributed by atoms with van der Waals surface area (Å²) in [6.45, 7) is 10.5. The number of aliphatic hydroxyl groups is 1. The summed E-state index contributed by atoms with van der Waals surface area (Å²) in [5.74, 6) is 0.0154. The Balaban J connectivity index is 1.75. The molecule has 0 saturated carbocycles. The van der Waals surface area contributed by atoms with Gasteiger partial charge in [-0.25, -0.2) is 0 Å². The van der Waals surface area contributed by atoms with Gasteiger partial charge in [-0.1, -0.05) is 11.6 Å². The van der Waals surface area contributed by atoms with Gasteiger partial charge in [-0.3, -0.25) is 9.69 Å². The van der Waals surface area contributed by atoms with Crippen LogP contribution in [-0.2, 0) is 0 Å². The van der Waals surface area contributed by atoms with Crippen LogP contribution in [-0.4, -0.2) is 63.0 Å². The largest absolute Gasteiger partial charge is 0.389 e. The second kappa shape index (κ2) is 6.43. The fraction of sp³-hybridized carbons (Fsp3) is 0.556. The van der Waals surface area contributed by atoms with Crippen LogP contribution in [0.1, 0.15) is 36.8 Å². The van der Waals surface area contributed by atoms with Crippen molar-refractivity contribution in [2.75, 3.05) is 26.2 Å². The Hall–Kier alpha value is -1.50. The third kappa shape index (κ3) is 3.61. The van der Waals surface area contributed by atoms with Gasteiger partial charge in [-0.05, 0) is 51.4 Å². The van der Waals surface area contributed by atoms with Crippen LogP contribution in [0.2, 0.25) is 0 Å². The second-order valence-electron chi connectivity index (χ2n) is 7.41. The highest BCUT2D eigenvalue weighted by Crippen LogP contribution is 2.26. The van der Waals surface area contributed by atoms with E-state index in [4.69, 9.17) is 0 Å². The monoisotopic (exact) mass is 347 g/mol. The van der Waals surface area contributed by atoms with Crippen LogP contribution in [0.25, 0.3) is 10.1 Å². The Bertz CT molecular complexity index is 750. The van der Waals surface area contributed by atoms with E-state index in [1.54, 1.807) is 0 Å². The number of amides is 1. The molecule has 1 N–H and O–H groups in total. The molecule has 1 atom stereocenters. The summed E-state index contributed by atoms with van der Waals surface area (Å²) in [4.78, 5) is 17.1. The molecule has 1 unspecified atom stereocenters. The summed E-state index contributed by atoms with van der Waals surface area (Å²) in [6, 6.07) is 6.34. The van der Waals surface area contributed by atoms with Crippen molar-refractivity contribution in [3.63, 3.8) is 0 Å². The molecule has 1 aromatic heterocycles. The van der Waals surface area contributed by atoms with Crippen LogP contribution in [0.5, 0.6) is 0 Å². The molecule has 0 spiro atoms. The number of fused-ring (bicyclic) bond motifs is 1. The standard InChI is InChI=1S/C18H25N3O2S/c1-12-5-6-15-14(9-12)16(19-24-15)17(22)20-7-8-21(13(2)10-20)11-18(3,4)23/h5-6,9,13,23H,7-8,10-11H2,1-4H3. The molecule has 6 heteroatoms. The van der Waals surface area contributed by atoms with Gasteiger partial charge in [0.25, 0.3) is 5.91 Å². The van der Waals surface area contributed by atoms with Crippen molar-refractivity contribution in [2.24, 2.45) is 0 Å². The topological polar surface area (TPSA) is 56.7 Å². The summed E-state index contributed by atoms with van der Waals surface area (Å²) < 4.78 is 5.47. The molecule has 130 valence electrons. The van der Waals surface area contributed by atoms with E-state index in [0.29, 0.717) is 25.3 Å². The number of hydrogen-bond donors (Lipinski definition) is 1. The van der Waals surface area contributed by atoms with Crippen LogP contribution in [0.4, 0.5) is 0 Å². The minimum absolute atomic E-state index is 0.0154. The van der Waals surface area contributed by atoms with Crippen LogP contribution in [0, 0.1) is 6.92 Å². The SMILES string of the molecule is Cc1ccc2snc(C(=O)N3CCN(CC(C)(C)O)C(C)C3)c2c1. The third-order valence-corrected chi connectivity index (χ3v) is 5.30. The average Bonchev–Trinajstić information content (AvgIpc) is 2.90. The highest BCUT2D eigenvalue weighted by Gasteiger charge is 2.31. The zero-order valence-electron chi connectivity index (χ0n) is 14.7. The molecule has 2 heterocycles. The van der Waals surface area contributed by atoms with Gasteiger partial charge in [0.15, 0.2) is 0 Å². The lowest BCUT2D eigenvalue weighted by atomic mass is 10.1. The molecule has 0 aliphatic carbocycles. The molecular weight excluding hydrogens is 322 g/mol. The molecule has 1 aliphatic rings. The minimum Gasteiger partial charge on any atom is -0.389 e. The van der Waals surface area contributed by atoms with E-state index in [1.165, 1.54) is 11.5 Å². The molecule has 2 aromatic rings. The van der Waals surface area contributed by atoms with Gasteiger partial charge in [-0.2, -0.15) is 4.37 Å². The Labute approximate surface area is 147 Å². The number of benzene rings is 1. The summed E-state index contributed by atoms with van der Waals surface area (Å²) in [5.41, 5.74) is 0.991. The summed E-state index contributed by atoms with van der Waals surface area (Å²) >= 11 is 1.38. The average molecular weight is 347 g/mol. The highest BCUT2D eigenvalue weighted by molar-refractivity contribution is 7.13. The summed E-state index contributed by atoms with van der Waals surface area (Å²) in [6.07, 6.45) is 0. The van der Waals surface area contributed by atoms with Gasteiger partial charge in [-0.15, -0.1) is 0 Å². The normalized spacial score (nSPS) is 19.9. The molecule has 1 saturated heterocycles. The number of nitrogens with zero attached hydrogens (tertiary/aromatic N) is 3. The summed E-state index contributed by atoms with van der Waals surface area (Å²) in [5, 5.41) is 11.0. The Morgan fingerprint density at radius 1 is 1.42 bits per heavy atom. The van der Waals surface area contributed by atoms with Gasteiger partial charge in [0.2, 0.25) is 0 Å². The molecule has 0 bridgehead atoms. The van der Waals surface area contributed by atoms with Crippen LogP contribution < -0.4 is 0 Å². The van der Waals surface area contributed by atoms with Gasteiger partial charge in [0.1, 0.15) is 5.69 Å². The third-order valence-electron chi connectivity index (χ3n) is 4.47. The summed E-state index contributed by atoms with van der Waals surface area (Å²) in [7, 11) is 0. The van der Waals surface area contributed by atoms with Crippen LogP contribution in [0.15, 0.2) is 18.2 Å². The Kier molecular flexibility index (Phi) is 4.64. The van der Waals surface area contributed by atoms with Crippen LogP contribution in [0.3, 0.4) is 0 Å². The molecule has 1 aromatic carbocycles. The smallest absolute Gasteiger partial charge is 0.274 e. The number of piperazine rings is 1. The Morgan fingerprint density at radius 3 is 2.83 bits per heavy atom. The molecule has 3 rings (SSSR count). The molecule has 1 aliphatic heterocycles. The lowest BCUT2D eigenvalue weighted by Gasteiger charge is -2.41. The zero-order valence-corrected chi connectivity index (χ0v) is 15.6. The number of hydrogen-bond acceptors (Lipinski definition) is 5. The second-order valence-corrected chi connectivity index (χ2v) is 8.22. The fourth-order valence-corrected chi connectivity index (χ4v) is 4.02. The van der Waals surface area contributed by atoms with Crippen molar-refractivity contribution in [3.05, 3.63) is 29.5 Å². The minimum atomic E-state index is -0.719. The van der Waals surface area contributed by atoms with E-state index < -0.39 is 5.60 Å². The van der Waals surface area contributed by atoms with Crippen molar-refractivity contribution < 1.29 is 9.90 Å². The van der Waals surface area contributed by atoms with Gasteiger partial charge in [0.05, 0.1) is 10.3 Å². The molecule has 5 nitrogen and oxygen atoms in total. The van der Waals surface area contributed by atoms with E-state index in [-0.39, 0.29) is 11.9 Å². The first-order valence-electron chi connectivity index (χ1n) is 8.36. The van der Waals surface area contributed by atoms with E-state index in [2.05, 4.69) is 16.2 Å². The zero-order chi connectivity index (χ0) is 17.5. The predicted octanol–water partition coefficient (Wildman–Crippen LogP) is 2.52. The number of β-amino-alcohol motifs (C(OH)–C–C–N with tert-alkyl or cyclic N) is 1. The van der Waals surface area contributed by atoms with E-state index in [1.807, 2.05) is 43.9 Å². The van der Waals surface area contributed by atoms with Crippen molar-refractivity contribution in [3.8, 4) is 0 Å². The van der Waals surface area contributed by atoms with Gasteiger partial charge in [0, 0.05) is 37.6 Å². The highest BCUT2D eigenvalue weighted by atomic mass is 32.1. The maximum atomic E-state index is 12.9. The maximum absolute atomic E-state index is 12.9. The number of carbonyl (C=O) groups is 1. The van der Waals surface area contributed by atoms with Gasteiger partial charge < -0.3 is 10.0 Å². The first kappa shape index (κ1) is 17.3. The number of rotatable bonds is 3. The number of aryl methyl sites for hydroxylation is 1. The van der Waals surface area contributed by atoms with Crippen LogP contribution >= 0.6 is 11.5 Å². The van der Waals surface area contributed by atoms with Gasteiger partial charge >= 0.3 is 0 Å². The number of carbonyl (C=O) groups excluding carboxylic acids is 1. The lowest BCUT2D eigenvalue weighted by Crippen LogP contribution is -2.56. The fourth-order valence-electron chi connectivity index (χ4n) is 3.27. The lowest BCUT2D eigenvalue weighted by molar-refractivity contribution is -0.00149. The Morgan fingerprint density at radius 2 is 2.17 bits per heavy atom. The maximum Gasteiger partial charge on any atom is 0.274 e. The van der Waals surface area contributed by atoms with Crippen molar-refractivity contribution in [2.45, 2.75) is 39.3 Å². The molecule has 1 amide bonds. The van der Waals surface area contributed by atoms with Crippen molar-refractivity contribution >= 4 is 27.5 Å². The first-order valence-corrected chi connectivity index (χ1v) is 9.14. The van der Waals surface area contributed by atoms with Crippen molar-refractivity contribution in [1.29, 1.82) is 0 Å². The first-order chi connectivity index (χ1) is 11.2.